The Bertz CT molecular complexity index is 596. The lowest BCUT2D eigenvalue weighted by atomic mass is 9.55. The van der Waals surface area contributed by atoms with E-state index in [9.17, 15) is 0 Å². The fraction of sp³-hybridized carbons (Fsp3) is 0.727. The van der Waals surface area contributed by atoms with Crippen LogP contribution in [0.1, 0.15) is 69.4 Å². The Balaban J connectivity index is 1.58. The van der Waals surface area contributed by atoms with E-state index in [0.29, 0.717) is 11.5 Å². The third-order valence-corrected chi connectivity index (χ3v) is 7.37. The van der Waals surface area contributed by atoms with Gasteiger partial charge < -0.3 is 9.47 Å². The summed E-state index contributed by atoms with van der Waals surface area (Å²) in [5, 5.41) is 0. The van der Waals surface area contributed by atoms with E-state index in [2.05, 4.69) is 32.0 Å². The van der Waals surface area contributed by atoms with E-state index >= 15 is 0 Å². The number of hydrogen-bond donors (Lipinski definition) is 0. The van der Waals surface area contributed by atoms with E-state index in [0.717, 1.165) is 36.5 Å². The predicted octanol–water partition coefficient (Wildman–Crippen LogP) is 5.35. The van der Waals surface area contributed by atoms with Crippen molar-refractivity contribution >= 4 is 0 Å². The van der Waals surface area contributed by atoms with E-state index in [1.165, 1.54) is 38.5 Å². The summed E-state index contributed by atoms with van der Waals surface area (Å²) in [7, 11) is 1.92. The zero-order valence-electron chi connectivity index (χ0n) is 15.5. The third kappa shape index (κ3) is 2.49. The monoisotopic (exact) mass is 328 g/mol. The summed E-state index contributed by atoms with van der Waals surface area (Å²) in [5.74, 6) is 3.54. The normalized spacial score (nSPS) is 37.5. The van der Waals surface area contributed by atoms with Crippen molar-refractivity contribution in [3.05, 3.63) is 29.3 Å². The minimum absolute atomic E-state index is 0.414. The van der Waals surface area contributed by atoms with Gasteiger partial charge in [0.15, 0.2) is 0 Å². The van der Waals surface area contributed by atoms with Crippen molar-refractivity contribution in [2.75, 3.05) is 13.7 Å². The summed E-state index contributed by atoms with van der Waals surface area (Å²) in [6, 6.07) is 6.90. The molecular formula is C22H32O2. The Kier molecular flexibility index (Phi) is 4.36. The summed E-state index contributed by atoms with van der Waals surface area (Å²) >= 11 is 0. The topological polar surface area (TPSA) is 18.5 Å². The van der Waals surface area contributed by atoms with Gasteiger partial charge in [-0.25, -0.2) is 0 Å². The molecule has 2 fully saturated rings. The van der Waals surface area contributed by atoms with Crippen LogP contribution < -0.4 is 4.74 Å². The number of aryl methyl sites for hydroxylation is 1. The molecule has 2 nitrogen and oxygen atoms in total. The molecule has 24 heavy (non-hydrogen) atoms. The molecule has 5 atom stereocenters. The molecule has 4 rings (SSSR count). The molecule has 2 saturated carbocycles. The second-order valence-electron chi connectivity index (χ2n) is 8.47. The van der Waals surface area contributed by atoms with Crippen LogP contribution in [0.5, 0.6) is 5.75 Å². The van der Waals surface area contributed by atoms with Crippen LogP contribution in [-0.4, -0.2) is 19.8 Å². The molecule has 0 amide bonds. The van der Waals surface area contributed by atoms with Crippen LogP contribution in [0.2, 0.25) is 0 Å². The average Bonchev–Trinajstić information content (AvgIpc) is 2.95. The predicted molar refractivity (Wildman–Crippen MR) is 97.6 cm³/mol. The molecule has 0 N–H and O–H groups in total. The van der Waals surface area contributed by atoms with Crippen LogP contribution in [0.3, 0.4) is 0 Å². The summed E-state index contributed by atoms with van der Waals surface area (Å²) in [6.07, 6.45) is 9.42. The van der Waals surface area contributed by atoms with Crippen LogP contribution in [-0.2, 0) is 11.2 Å². The van der Waals surface area contributed by atoms with Crippen molar-refractivity contribution in [3.63, 3.8) is 0 Å². The van der Waals surface area contributed by atoms with E-state index < -0.39 is 0 Å². The van der Waals surface area contributed by atoms with Gasteiger partial charge in [0.05, 0.1) is 12.7 Å². The van der Waals surface area contributed by atoms with Gasteiger partial charge in [-0.15, -0.1) is 0 Å². The largest absolute Gasteiger partial charge is 0.494 e. The number of hydrogen-bond acceptors (Lipinski definition) is 2. The summed E-state index contributed by atoms with van der Waals surface area (Å²) in [5.41, 5.74) is 3.59. The van der Waals surface area contributed by atoms with Crippen molar-refractivity contribution in [3.8, 4) is 5.75 Å². The zero-order valence-corrected chi connectivity index (χ0v) is 15.5. The van der Waals surface area contributed by atoms with Gasteiger partial charge in [-0.05, 0) is 91.4 Å². The maximum absolute atomic E-state index is 5.87. The van der Waals surface area contributed by atoms with Gasteiger partial charge in [0.25, 0.3) is 0 Å². The number of fused-ring (bicyclic) bond motifs is 5. The maximum atomic E-state index is 5.87. The minimum Gasteiger partial charge on any atom is -0.494 e. The quantitative estimate of drug-likeness (QED) is 0.742. The highest BCUT2D eigenvalue weighted by molar-refractivity contribution is 5.40. The van der Waals surface area contributed by atoms with Crippen LogP contribution >= 0.6 is 0 Å². The first-order chi connectivity index (χ1) is 11.7. The van der Waals surface area contributed by atoms with Crippen LogP contribution in [0.25, 0.3) is 0 Å². The molecule has 0 radical (unpaired) electrons. The van der Waals surface area contributed by atoms with Crippen LogP contribution in [0, 0.1) is 17.3 Å². The van der Waals surface area contributed by atoms with Gasteiger partial charge in [0, 0.05) is 7.11 Å². The molecule has 0 unspecified atom stereocenters. The lowest BCUT2D eigenvalue weighted by Crippen LogP contribution is -2.44. The molecule has 0 aromatic heterocycles. The zero-order chi connectivity index (χ0) is 16.7. The van der Waals surface area contributed by atoms with Crippen molar-refractivity contribution in [1.29, 1.82) is 0 Å². The van der Waals surface area contributed by atoms with Gasteiger partial charge in [-0.2, -0.15) is 0 Å². The first-order valence-electron chi connectivity index (χ1n) is 9.95. The SMILES string of the molecule is CCCOc1ccc2c(c1)CC[C@@H]1[C@H]3CC[C@H](OC)[C@]3(C)CC[C@@H]21. The lowest BCUT2D eigenvalue weighted by molar-refractivity contribution is -0.0444. The molecule has 132 valence electrons. The van der Waals surface area contributed by atoms with Crippen molar-refractivity contribution in [1.82, 2.24) is 0 Å². The molecule has 1 aromatic rings. The second-order valence-corrected chi connectivity index (χ2v) is 8.47. The lowest BCUT2D eigenvalue weighted by Gasteiger charge is -2.50. The number of benzene rings is 1. The summed E-state index contributed by atoms with van der Waals surface area (Å²) < 4.78 is 11.7. The highest BCUT2D eigenvalue weighted by Gasteiger charge is 2.54. The Labute approximate surface area is 146 Å². The summed E-state index contributed by atoms with van der Waals surface area (Å²) in [4.78, 5) is 0. The molecule has 0 spiro atoms. The van der Waals surface area contributed by atoms with Crippen molar-refractivity contribution in [2.24, 2.45) is 17.3 Å². The summed E-state index contributed by atoms with van der Waals surface area (Å²) in [6.45, 7) is 5.49. The average molecular weight is 328 g/mol. The van der Waals surface area contributed by atoms with Crippen molar-refractivity contribution in [2.45, 2.75) is 70.8 Å². The van der Waals surface area contributed by atoms with E-state index in [4.69, 9.17) is 9.47 Å². The van der Waals surface area contributed by atoms with Crippen LogP contribution in [0.15, 0.2) is 18.2 Å². The molecule has 0 aliphatic heterocycles. The Morgan fingerprint density at radius 1 is 1.17 bits per heavy atom. The Morgan fingerprint density at radius 3 is 2.83 bits per heavy atom. The fourth-order valence-corrected chi connectivity index (χ4v) is 6.21. The van der Waals surface area contributed by atoms with E-state index in [1.54, 1.807) is 11.1 Å². The van der Waals surface area contributed by atoms with Gasteiger partial charge in [-0.1, -0.05) is 19.9 Å². The molecule has 0 heterocycles. The number of ether oxygens (including phenoxy) is 2. The fourth-order valence-electron chi connectivity index (χ4n) is 6.21. The number of methoxy groups -OCH3 is 1. The molecule has 0 bridgehead atoms. The molecular weight excluding hydrogens is 296 g/mol. The standard InChI is InChI=1S/C22H32O2/c1-4-13-24-16-6-8-17-15(14-16)5-7-19-18(17)11-12-22(2)20(19)9-10-21(22)23-3/h6,8,14,18-21H,4-5,7,9-13H2,1-3H3/t18-,19-,20+,21-,22+/m0/s1. The minimum atomic E-state index is 0.414. The third-order valence-electron chi connectivity index (χ3n) is 7.37. The Hall–Kier alpha value is -1.02. The molecule has 3 aliphatic rings. The van der Waals surface area contributed by atoms with E-state index in [-0.39, 0.29) is 0 Å². The second kappa shape index (κ2) is 6.37. The number of rotatable bonds is 4. The highest BCUT2D eigenvalue weighted by atomic mass is 16.5. The molecule has 1 aromatic carbocycles. The first kappa shape index (κ1) is 16.4. The molecule has 2 heteroatoms. The molecule has 3 aliphatic carbocycles. The highest BCUT2D eigenvalue weighted by Crippen LogP contribution is 2.61. The van der Waals surface area contributed by atoms with Gasteiger partial charge in [0.2, 0.25) is 0 Å². The molecule has 0 saturated heterocycles. The smallest absolute Gasteiger partial charge is 0.119 e. The Morgan fingerprint density at radius 2 is 2.04 bits per heavy atom. The van der Waals surface area contributed by atoms with Crippen LogP contribution in [0.4, 0.5) is 0 Å². The van der Waals surface area contributed by atoms with Gasteiger partial charge in [-0.3, -0.25) is 0 Å². The van der Waals surface area contributed by atoms with E-state index in [1.807, 2.05) is 7.11 Å². The van der Waals surface area contributed by atoms with Gasteiger partial charge in [0.1, 0.15) is 5.75 Å². The van der Waals surface area contributed by atoms with Gasteiger partial charge >= 0.3 is 0 Å². The first-order valence-corrected chi connectivity index (χ1v) is 9.95. The maximum Gasteiger partial charge on any atom is 0.119 e. The van der Waals surface area contributed by atoms with Crippen molar-refractivity contribution < 1.29 is 9.47 Å².